The highest BCUT2D eigenvalue weighted by atomic mass is 19.1. The minimum Gasteiger partial charge on any atom is -0.445 e. The number of nitrogens with zero attached hydrogens (tertiary/aromatic N) is 1. The molecule has 3 rings (SSSR count). The third kappa shape index (κ3) is 3.40. The van der Waals surface area contributed by atoms with E-state index in [-0.39, 0.29) is 31.5 Å². The fraction of sp³-hybridized carbons (Fsp3) is 0.588. The predicted molar refractivity (Wildman–Crippen MR) is 82.3 cm³/mol. The van der Waals surface area contributed by atoms with Crippen molar-refractivity contribution in [2.45, 2.75) is 50.4 Å². The Balaban J connectivity index is 1.51. The molecule has 2 bridgehead atoms. The van der Waals surface area contributed by atoms with Crippen LogP contribution in [0, 0.1) is 0 Å². The highest BCUT2D eigenvalue weighted by molar-refractivity contribution is 5.67. The van der Waals surface area contributed by atoms with Crippen molar-refractivity contribution in [1.82, 2.24) is 10.2 Å². The highest BCUT2D eigenvalue weighted by Gasteiger charge is 2.42. The molecule has 2 saturated heterocycles. The molecule has 2 aliphatic rings. The largest absolute Gasteiger partial charge is 0.445 e. The first-order valence-corrected chi connectivity index (χ1v) is 8.07. The van der Waals surface area contributed by atoms with Crippen LogP contribution in [0.3, 0.4) is 0 Å². The Morgan fingerprint density at radius 2 is 2.00 bits per heavy atom. The van der Waals surface area contributed by atoms with Gasteiger partial charge in [0, 0.05) is 24.7 Å². The van der Waals surface area contributed by atoms with Crippen LogP contribution in [0.1, 0.15) is 31.2 Å². The lowest BCUT2D eigenvalue weighted by molar-refractivity contribution is 0.0876. The van der Waals surface area contributed by atoms with E-state index in [1.165, 1.54) is 0 Å². The number of alkyl halides is 1. The van der Waals surface area contributed by atoms with E-state index in [1.807, 2.05) is 30.3 Å². The van der Waals surface area contributed by atoms with Gasteiger partial charge in [-0.05, 0) is 31.2 Å². The first kappa shape index (κ1) is 15.3. The first-order chi connectivity index (χ1) is 10.8. The van der Waals surface area contributed by atoms with Crippen LogP contribution in [0.5, 0.6) is 0 Å². The predicted octanol–water partition coefficient (Wildman–Crippen LogP) is 2.88. The van der Waals surface area contributed by atoms with E-state index in [9.17, 15) is 9.18 Å². The maximum atomic E-state index is 12.7. The van der Waals surface area contributed by atoms with Crippen LogP contribution >= 0.6 is 0 Å². The summed E-state index contributed by atoms with van der Waals surface area (Å²) in [5.74, 6) is 0. The SMILES string of the molecule is O=C(N[C@@H]1CC[C@@H]2CC[C@H]1N2CCF)OCc1ccccc1. The Bertz CT molecular complexity index is 497. The number of carbonyl (C=O) groups is 1. The van der Waals surface area contributed by atoms with Crippen molar-refractivity contribution in [3.8, 4) is 0 Å². The second-order valence-electron chi connectivity index (χ2n) is 6.12. The summed E-state index contributed by atoms with van der Waals surface area (Å²) < 4.78 is 18.0. The number of halogens is 1. The third-order valence-corrected chi connectivity index (χ3v) is 4.82. The van der Waals surface area contributed by atoms with E-state index in [0.29, 0.717) is 12.6 Å². The molecule has 2 heterocycles. The molecule has 1 aromatic carbocycles. The van der Waals surface area contributed by atoms with E-state index < -0.39 is 0 Å². The zero-order valence-corrected chi connectivity index (χ0v) is 12.7. The van der Waals surface area contributed by atoms with Crippen LogP contribution in [-0.4, -0.2) is 42.3 Å². The summed E-state index contributed by atoms with van der Waals surface area (Å²) in [5.41, 5.74) is 0.973. The van der Waals surface area contributed by atoms with Crippen molar-refractivity contribution in [3.05, 3.63) is 35.9 Å². The molecular formula is C17H23FN2O2. The van der Waals surface area contributed by atoms with Gasteiger partial charge in [-0.25, -0.2) is 9.18 Å². The lowest BCUT2D eigenvalue weighted by Gasteiger charge is -2.39. The van der Waals surface area contributed by atoms with E-state index in [4.69, 9.17) is 4.74 Å². The van der Waals surface area contributed by atoms with Crippen molar-refractivity contribution in [2.24, 2.45) is 0 Å². The molecule has 2 aliphatic heterocycles. The number of hydrogen-bond acceptors (Lipinski definition) is 3. The molecule has 4 nitrogen and oxygen atoms in total. The summed E-state index contributed by atoms with van der Waals surface area (Å²) in [5, 5.41) is 2.98. The number of benzene rings is 1. The minimum atomic E-state index is -0.376. The standard InChI is InChI=1S/C17H23FN2O2/c18-10-11-20-14-6-8-15(16(20)9-7-14)19-17(21)22-12-13-4-2-1-3-5-13/h1-5,14-16H,6-12H2,(H,19,21)/t14-,15-,16-/m1/s1. The lowest BCUT2D eigenvalue weighted by atomic mass is 9.97. The Morgan fingerprint density at radius 3 is 2.77 bits per heavy atom. The van der Waals surface area contributed by atoms with Crippen LogP contribution in [-0.2, 0) is 11.3 Å². The second kappa shape index (κ2) is 7.09. The number of nitrogens with one attached hydrogen (secondary N) is 1. The zero-order chi connectivity index (χ0) is 15.4. The molecule has 1 N–H and O–H groups in total. The summed E-state index contributed by atoms with van der Waals surface area (Å²) in [6.45, 7) is 0.436. The molecule has 0 aliphatic carbocycles. The number of piperidine rings is 1. The van der Waals surface area contributed by atoms with Crippen molar-refractivity contribution in [3.63, 3.8) is 0 Å². The number of alkyl carbamates (subject to hydrolysis) is 1. The maximum Gasteiger partial charge on any atom is 0.407 e. The van der Waals surface area contributed by atoms with Gasteiger partial charge in [0.25, 0.3) is 0 Å². The molecule has 0 aromatic heterocycles. The van der Waals surface area contributed by atoms with Crippen LogP contribution in [0.25, 0.3) is 0 Å². The smallest absolute Gasteiger partial charge is 0.407 e. The number of ether oxygens (including phenoxy) is 1. The number of hydrogen-bond donors (Lipinski definition) is 1. The van der Waals surface area contributed by atoms with E-state index >= 15 is 0 Å². The third-order valence-electron chi connectivity index (χ3n) is 4.82. The van der Waals surface area contributed by atoms with Gasteiger partial charge in [0.1, 0.15) is 13.3 Å². The normalized spacial score (nSPS) is 27.6. The Kier molecular flexibility index (Phi) is 4.93. The summed E-state index contributed by atoms with van der Waals surface area (Å²) in [7, 11) is 0. The zero-order valence-electron chi connectivity index (χ0n) is 12.7. The highest BCUT2D eigenvalue weighted by Crippen LogP contribution is 2.35. The van der Waals surface area contributed by atoms with Crippen LogP contribution in [0.2, 0.25) is 0 Å². The summed E-state index contributed by atoms with van der Waals surface area (Å²) >= 11 is 0. The molecule has 0 spiro atoms. The van der Waals surface area contributed by atoms with Gasteiger partial charge >= 0.3 is 6.09 Å². The van der Waals surface area contributed by atoms with Crippen molar-refractivity contribution < 1.29 is 13.9 Å². The average molecular weight is 306 g/mol. The molecule has 0 unspecified atom stereocenters. The molecular weight excluding hydrogens is 283 g/mol. The van der Waals surface area contributed by atoms with Gasteiger partial charge in [-0.3, -0.25) is 4.90 Å². The number of carbonyl (C=O) groups excluding carboxylic acids is 1. The van der Waals surface area contributed by atoms with Gasteiger partial charge in [-0.2, -0.15) is 0 Å². The Labute approximate surface area is 130 Å². The van der Waals surface area contributed by atoms with Gasteiger partial charge in [-0.1, -0.05) is 30.3 Å². The Morgan fingerprint density at radius 1 is 1.23 bits per heavy atom. The van der Waals surface area contributed by atoms with E-state index in [1.54, 1.807) is 0 Å². The fourth-order valence-electron chi connectivity index (χ4n) is 3.80. The van der Waals surface area contributed by atoms with Crippen molar-refractivity contribution in [1.29, 1.82) is 0 Å². The molecule has 22 heavy (non-hydrogen) atoms. The fourth-order valence-corrected chi connectivity index (χ4v) is 3.80. The summed E-state index contributed by atoms with van der Waals surface area (Å²) in [6.07, 6.45) is 3.76. The molecule has 5 heteroatoms. The maximum absolute atomic E-state index is 12.7. The van der Waals surface area contributed by atoms with Crippen LogP contribution in [0.15, 0.2) is 30.3 Å². The molecule has 0 radical (unpaired) electrons. The average Bonchev–Trinajstić information content (AvgIpc) is 2.82. The van der Waals surface area contributed by atoms with E-state index in [2.05, 4.69) is 10.2 Å². The van der Waals surface area contributed by atoms with Crippen LogP contribution in [0.4, 0.5) is 9.18 Å². The van der Waals surface area contributed by atoms with E-state index in [0.717, 1.165) is 31.2 Å². The van der Waals surface area contributed by atoms with Gasteiger partial charge in [0.2, 0.25) is 0 Å². The Hall–Kier alpha value is -1.62. The first-order valence-electron chi connectivity index (χ1n) is 8.07. The topological polar surface area (TPSA) is 41.6 Å². The quantitative estimate of drug-likeness (QED) is 0.909. The van der Waals surface area contributed by atoms with Crippen molar-refractivity contribution >= 4 is 6.09 Å². The van der Waals surface area contributed by atoms with Gasteiger partial charge in [0.15, 0.2) is 0 Å². The molecule has 0 saturated carbocycles. The summed E-state index contributed by atoms with van der Waals surface area (Å²) in [6, 6.07) is 10.5. The van der Waals surface area contributed by atoms with Crippen LogP contribution < -0.4 is 5.32 Å². The number of amides is 1. The van der Waals surface area contributed by atoms with Gasteiger partial charge in [-0.15, -0.1) is 0 Å². The van der Waals surface area contributed by atoms with Gasteiger partial charge in [0.05, 0.1) is 0 Å². The molecule has 1 amide bonds. The monoisotopic (exact) mass is 306 g/mol. The number of rotatable bonds is 5. The minimum absolute atomic E-state index is 0.0774. The summed E-state index contributed by atoms with van der Waals surface area (Å²) in [4.78, 5) is 14.2. The molecule has 120 valence electrons. The van der Waals surface area contributed by atoms with Gasteiger partial charge < -0.3 is 10.1 Å². The lowest BCUT2D eigenvalue weighted by Crippen LogP contribution is -2.54. The van der Waals surface area contributed by atoms with Crippen molar-refractivity contribution in [2.75, 3.05) is 13.2 Å². The molecule has 1 aromatic rings. The molecule has 2 fully saturated rings. The second-order valence-corrected chi connectivity index (χ2v) is 6.12. The number of fused-ring (bicyclic) bond motifs is 2. The molecule has 3 atom stereocenters.